The third-order valence-corrected chi connectivity index (χ3v) is 1.71. The maximum atomic E-state index is 5.02. The number of terminal acetylenes is 1. The Labute approximate surface area is 64.9 Å². The Balaban J connectivity index is 2.59. The second-order valence-electron chi connectivity index (χ2n) is 1.66. The largest absolute Gasteiger partial charge is 0.135 e. The van der Waals surface area contributed by atoms with Crippen molar-refractivity contribution in [1.29, 1.82) is 0 Å². The zero-order chi connectivity index (χ0) is 7.23. The molecule has 1 heteroatoms. The minimum absolute atomic E-state index is 0.540. The van der Waals surface area contributed by atoms with Crippen molar-refractivity contribution in [2.45, 2.75) is 6.42 Å². The van der Waals surface area contributed by atoms with Gasteiger partial charge in [0.15, 0.2) is 0 Å². The molecule has 0 fully saturated rings. The summed E-state index contributed by atoms with van der Waals surface area (Å²) in [7, 11) is 0. The fourth-order valence-corrected chi connectivity index (χ4v) is 1.12. The first-order chi connectivity index (χ1) is 4.93. The van der Waals surface area contributed by atoms with Crippen molar-refractivity contribution < 1.29 is 0 Å². The monoisotopic (exact) mass is 146 g/mol. The molecule has 0 radical (unpaired) electrons. The van der Waals surface area contributed by atoms with Crippen molar-refractivity contribution in [1.82, 2.24) is 0 Å². The summed E-state index contributed by atoms with van der Waals surface area (Å²) in [6, 6.07) is 3.96. The molecule has 0 aliphatic heterocycles. The zero-order valence-electron chi connectivity index (χ0n) is 5.42. The molecule has 0 N–H and O–H groups in total. The van der Waals surface area contributed by atoms with Crippen LogP contribution in [0.25, 0.3) is 0 Å². The standard InChI is InChI=1S/C9H6S/c1-2-3-4-6-9-7-5-8-10-9/h1,5,7-8H,3H2. The molecule has 0 atom stereocenters. The minimum atomic E-state index is 0.540. The third-order valence-electron chi connectivity index (χ3n) is 0.923. The van der Waals surface area contributed by atoms with Gasteiger partial charge >= 0.3 is 0 Å². The quantitative estimate of drug-likeness (QED) is 0.492. The number of thiophene rings is 1. The fraction of sp³-hybridized carbons (Fsp3) is 0.111. The molecule has 48 valence electrons. The van der Waals surface area contributed by atoms with Crippen LogP contribution in [-0.4, -0.2) is 0 Å². The fourth-order valence-electron chi connectivity index (χ4n) is 0.532. The number of hydrogen-bond donors (Lipinski definition) is 0. The maximum absolute atomic E-state index is 5.02. The summed E-state index contributed by atoms with van der Waals surface area (Å²) >= 11 is 1.63. The molecule has 1 rings (SSSR count). The summed E-state index contributed by atoms with van der Waals surface area (Å²) in [4.78, 5) is 1.08. The molecule has 1 aromatic heterocycles. The maximum Gasteiger partial charge on any atom is 0.0768 e. The van der Waals surface area contributed by atoms with Gasteiger partial charge in [0.2, 0.25) is 0 Å². The lowest BCUT2D eigenvalue weighted by Crippen LogP contribution is -1.60. The van der Waals surface area contributed by atoms with Gasteiger partial charge in [-0.3, -0.25) is 0 Å². The van der Waals surface area contributed by atoms with Crippen LogP contribution < -0.4 is 0 Å². The van der Waals surface area contributed by atoms with Crippen molar-refractivity contribution in [3.05, 3.63) is 22.4 Å². The molecule has 0 unspecified atom stereocenters. The van der Waals surface area contributed by atoms with Gasteiger partial charge in [-0.1, -0.05) is 23.8 Å². The molecule has 0 amide bonds. The highest BCUT2D eigenvalue weighted by Crippen LogP contribution is 2.05. The highest BCUT2D eigenvalue weighted by atomic mass is 32.1. The van der Waals surface area contributed by atoms with Gasteiger partial charge in [0.25, 0.3) is 0 Å². The Kier molecular flexibility index (Phi) is 2.62. The molecular weight excluding hydrogens is 140 g/mol. The Bertz CT molecular complexity index is 277. The molecule has 0 saturated heterocycles. The van der Waals surface area contributed by atoms with Crippen molar-refractivity contribution in [2.75, 3.05) is 0 Å². The Morgan fingerprint density at radius 1 is 1.60 bits per heavy atom. The highest BCUT2D eigenvalue weighted by molar-refractivity contribution is 7.10. The van der Waals surface area contributed by atoms with Gasteiger partial charge in [0.05, 0.1) is 11.3 Å². The predicted molar refractivity (Wildman–Crippen MR) is 44.6 cm³/mol. The van der Waals surface area contributed by atoms with E-state index in [-0.39, 0.29) is 0 Å². The lowest BCUT2D eigenvalue weighted by atomic mass is 10.4. The van der Waals surface area contributed by atoms with Crippen molar-refractivity contribution in [3.8, 4) is 24.2 Å². The van der Waals surface area contributed by atoms with Gasteiger partial charge in [0.1, 0.15) is 0 Å². The van der Waals surface area contributed by atoms with E-state index in [0.29, 0.717) is 6.42 Å². The van der Waals surface area contributed by atoms with Gasteiger partial charge in [0, 0.05) is 0 Å². The lowest BCUT2D eigenvalue weighted by Gasteiger charge is -1.72. The van der Waals surface area contributed by atoms with Crippen molar-refractivity contribution >= 4 is 11.3 Å². The lowest BCUT2D eigenvalue weighted by molar-refractivity contribution is 1.57. The molecule has 1 aromatic rings. The second-order valence-corrected chi connectivity index (χ2v) is 2.61. The Hall–Kier alpha value is -1.18. The van der Waals surface area contributed by atoms with Crippen LogP contribution >= 0.6 is 11.3 Å². The summed E-state index contributed by atoms with van der Waals surface area (Å²) in [5, 5.41) is 2.00. The van der Waals surface area contributed by atoms with Crippen LogP contribution in [0.1, 0.15) is 11.3 Å². The summed E-state index contributed by atoms with van der Waals surface area (Å²) in [5.41, 5.74) is 0. The van der Waals surface area contributed by atoms with E-state index in [1.807, 2.05) is 17.5 Å². The first-order valence-corrected chi connectivity index (χ1v) is 3.77. The number of hydrogen-bond acceptors (Lipinski definition) is 1. The van der Waals surface area contributed by atoms with Crippen LogP contribution in [0.4, 0.5) is 0 Å². The van der Waals surface area contributed by atoms with Crippen LogP contribution in [0.3, 0.4) is 0 Å². The SMILES string of the molecule is C#CCC#Cc1cccs1. The summed E-state index contributed by atoms with van der Waals surface area (Å²) in [6.45, 7) is 0. The molecule has 0 bridgehead atoms. The second kappa shape index (κ2) is 3.77. The normalized spacial score (nSPS) is 7.50. The predicted octanol–water partition coefficient (Wildman–Crippen LogP) is 2.12. The van der Waals surface area contributed by atoms with E-state index in [1.54, 1.807) is 11.3 Å². The highest BCUT2D eigenvalue weighted by Gasteiger charge is 1.81. The molecule has 0 aromatic carbocycles. The summed E-state index contributed by atoms with van der Waals surface area (Å²) in [6.07, 6.45) is 5.56. The smallest absolute Gasteiger partial charge is 0.0768 e. The van der Waals surface area contributed by atoms with E-state index in [4.69, 9.17) is 6.42 Å². The topological polar surface area (TPSA) is 0 Å². The van der Waals surface area contributed by atoms with Crippen LogP contribution in [0.2, 0.25) is 0 Å². The average Bonchev–Trinajstić information content (AvgIpc) is 2.41. The summed E-state index contributed by atoms with van der Waals surface area (Å²) in [5.74, 6) is 8.27. The van der Waals surface area contributed by atoms with Crippen LogP contribution in [0.15, 0.2) is 17.5 Å². The van der Waals surface area contributed by atoms with Gasteiger partial charge in [-0.15, -0.1) is 17.8 Å². The molecule has 0 saturated carbocycles. The van der Waals surface area contributed by atoms with Gasteiger partial charge in [-0.05, 0) is 11.4 Å². The molecule has 0 nitrogen and oxygen atoms in total. The van der Waals surface area contributed by atoms with E-state index >= 15 is 0 Å². The molecule has 0 aliphatic rings. The molecule has 1 heterocycles. The van der Waals surface area contributed by atoms with Gasteiger partial charge < -0.3 is 0 Å². The average molecular weight is 146 g/mol. The molecule has 0 spiro atoms. The van der Waals surface area contributed by atoms with E-state index in [1.165, 1.54) is 0 Å². The van der Waals surface area contributed by atoms with Crippen LogP contribution in [0, 0.1) is 24.2 Å². The van der Waals surface area contributed by atoms with E-state index in [0.717, 1.165) is 4.88 Å². The van der Waals surface area contributed by atoms with E-state index in [9.17, 15) is 0 Å². The van der Waals surface area contributed by atoms with Gasteiger partial charge in [-0.2, -0.15) is 0 Å². The minimum Gasteiger partial charge on any atom is -0.135 e. The zero-order valence-corrected chi connectivity index (χ0v) is 6.24. The number of rotatable bonds is 0. The van der Waals surface area contributed by atoms with Crippen molar-refractivity contribution in [2.24, 2.45) is 0 Å². The molecule has 10 heavy (non-hydrogen) atoms. The Morgan fingerprint density at radius 2 is 2.50 bits per heavy atom. The third kappa shape index (κ3) is 1.97. The molecular formula is C9H6S. The van der Waals surface area contributed by atoms with Crippen molar-refractivity contribution in [3.63, 3.8) is 0 Å². The van der Waals surface area contributed by atoms with Crippen LogP contribution in [-0.2, 0) is 0 Å². The van der Waals surface area contributed by atoms with E-state index in [2.05, 4.69) is 17.8 Å². The Morgan fingerprint density at radius 3 is 3.10 bits per heavy atom. The van der Waals surface area contributed by atoms with Crippen LogP contribution in [0.5, 0.6) is 0 Å². The summed E-state index contributed by atoms with van der Waals surface area (Å²) < 4.78 is 0. The van der Waals surface area contributed by atoms with E-state index < -0.39 is 0 Å². The molecule has 0 aliphatic carbocycles. The first-order valence-electron chi connectivity index (χ1n) is 2.89. The first kappa shape index (κ1) is 6.93. The van der Waals surface area contributed by atoms with Gasteiger partial charge in [-0.25, -0.2) is 0 Å².